The largest absolute Gasteiger partial charge is 0.467 e. The highest BCUT2D eigenvalue weighted by atomic mass is 16.6. The van der Waals surface area contributed by atoms with Crippen molar-refractivity contribution in [2.45, 2.75) is 66.2 Å². The van der Waals surface area contributed by atoms with Crippen molar-refractivity contribution in [1.82, 2.24) is 16.0 Å². The molecule has 1 aromatic carbocycles. The summed E-state index contributed by atoms with van der Waals surface area (Å²) in [6, 6.07) is 7.04. The van der Waals surface area contributed by atoms with Gasteiger partial charge in [0.25, 0.3) is 5.91 Å². The Kier molecular flexibility index (Phi) is 10.8. The Bertz CT molecular complexity index is 888. The van der Waals surface area contributed by atoms with E-state index in [0.717, 1.165) is 0 Å². The number of ether oxygens (including phenoxy) is 2. The van der Waals surface area contributed by atoms with Gasteiger partial charge in [0.1, 0.15) is 23.4 Å². The maximum atomic E-state index is 13.1. The Morgan fingerprint density at radius 3 is 1.91 bits per heavy atom. The highest BCUT2D eigenvalue weighted by Crippen LogP contribution is 2.12. The minimum atomic E-state index is -0.969. The van der Waals surface area contributed by atoms with E-state index in [0.29, 0.717) is 5.56 Å². The number of benzene rings is 1. The van der Waals surface area contributed by atoms with E-state index in [1.54, 1.807) is 72.7 Å². The summed E-state index contributed by atoms with van der Waals surface area (Å²) in [5.41, 5.74) is -0.157. The Labute approximate surface area is 201 Å². The molecule has 0 aliphatic heterocycles. The van der Waals surface area contributed by atoms with Gasteiger partial charge in [-0.25, -0.2) is 9.59 Å². The van der Waals surface area contributed by atoms with Gasteiger partial charge in [0.05, 0.1) is 7.11 Å². The van der Waals surface area contributed by atoms with E-state index in [-0.39, 0.29) is 17.5 Å². The quantitative estimate of drug-likeness (QED) is 0.373. The summed E-state index contributed by atoms with van der Waals surface area (Å²) in [4.78, 5) is 50.6. The molecular weight excluding hydrogens is 438 g/mol. The summed E-state index contributed by atoms with van der Waals surface area (Å²) in [5.74, 6) is -2.41. The van der Waals surface area contributed by atoms with Crippen LogP contribution in [-0.2, 0) is 23.9 Å². The highest BCUT2D eigenvalue weighted by molar-refractivity contribution is 6.03. The van der Waals surface area contributed by atoms with E-state index < -0.39 is 41.6 Å². The van der Waals surface area contributed by atoms with Crippen LogP contribution in [0, 0.1) is 11.8 Å². The first-order chi connectivity index (χ1) is 15.7. The number of carbonyl (C=O) groups excluding carboxylic acids is 4. The number of carbonyl (C=O) groups is 4. The lowest BCUT2D eigenvalue weighted by molar-refractivity contribution is -0.146. The molecule has 3 amide bonds. The Hall–Kier alpha value is -3.36. The molecule has 0 saturated carbocycles. The molecular formula is C25H37N3O6. The summed E-state index contributed by atoms with van der Waals surface area (Å²) in [7, 11) is 1.24. The zero-order valence-electron chi connectivity index (χ0n) is 21.2. The molecule has 0 saturated heterocycles. The van der Waals surface area contributed by atoms with E-state index in [4.69, 9.17) is 9.47 Å². The lowest BCUT2D eigenvalue weighted by Gasteiger charge is -2.26. The summed E-state index contributed by atoms with van der Waals surface area (Å²) in [5, 5.41) is 7.79. The second-order valence-corrected chi connectivity index (χ2v) is 9.54. The van der Waals surface area contributed by atoms with Gasteiger partial charge in [-0.15, -0.1) is 0 Å². The molecule has 3 N–H and O–H groups in total. The number of methoxy groups -OCH3 is 1. The molecule has 2 atom stereocenters. The van der Waals surface area contributed by atoms with Crippen LogP contribution in [0.4, 0.5) is 4.79 Å². The molecule has 1 rings (SSSR count). The standard InChI is InChI=1S/C25H37N3O6/c1-15(2)19(28-24(32)34-25(5,6)7)22(30)26-18(14-17-12-10-9-11-13-17)21(29)27-20(16(3)4)23(31)33-8/h9-16,19-20H,1-8H3,(H,26,30)(H,27,29)(H,28,32)/b18-14-/t19-,20-/m0/s1. The van der Waals surface area contributed by atoms with Crippen LogP contribution in [0.5, 0.6) is 0 Å². The average molecular weight is 476 g/mol. The maximum absolute atomic E-state index is 13.1. The number of nitrogens with one attached hydrogen (secondary N) is 3. The Balaban J connectivity index is 3.20. The molecule has 0 aliphatic carbocycles. The van der Waals surface area contributed by atoms with Crippen molar-refractivity contribution in [3.8, 4) is 0 Å². The predicted molar refractivity (Wildman–Crippen MR) is 129 cm³/mol. The Morgan fingerprint density at radius 1 is 0.882 bits per heavy atom. The third-order valence-corrected chi connectivity index (χ3v) is 4.64. The smallest absolute Gasteiger partial charge is 0.408 e. The van der Waals surface area contributed by atoms with E-state index in [2.05, 4.69) is 16.0 Å². The molecule has 0 aliphatic rings. The van der Waals surface area contributed by atoms with Crippen LogP contribution in [0.2, 0.25) is 0 Å². The molecule has 0 bridgehead atoms. The van der Waals surface area contributed by atoms with Crippen molar-refractivity contribution in [2.24, 2.45) is 11.8 Å². The molecule has 0 fully saturated rings. The predicted octanol–water partition coefficient (Wildman–Crippen LogP) is 3.01. The van der Waals surface area contributed by atoms with Crippen LogP contribution >= 0.6 is 0 Å². The van der Waals surface area contributed by atoms with Crippen molar-refractivity contribution in [3.05, 3.63) is 41.6 Å². The van der Waals surface area contributed by atoms with Crippen molar-refractivity contribution in [1.29, 1.82) is 0 Å². The lowest BCUT2D eigenvalue weighted by Crippen LogP contribution is -2.53. The fraction of sp³-hybridized carbons (Fsp3) is 0.520. The van der Waals surface area contributed by atoms with Crippen molar-refractivity contribution < 1.29 is 28.7 Å². The fourth-order valence-electron chi connectivity index (χ4n) is 2.90. The molecule has 1 aromatic rings. The van der Waals surface area contributed by atoms with Gasteiger partial charge in [-0.3, -0.25) is 9.59 Å². The van der Waals surface area contributed by atoms with E-state index >= 15 is 0 Å². The normalized spacial score (nSPS) is 13.6. The fourth-order valence-corrected chi connectivity index (χ4v) is 2.90. The second kappa shape index (κ2) is 12.8. The first kappa shape index (κ1) is 28.7. The van der Waals surface area contributed by atoms with Gasteiger partial charge in [0.2, 0.25) is 5.91 Å². The number of hydrogen-bond acceptors (Lipinski definition) is 6. The van der Waals surface area contributed by atoms with Crippen molar-refractivity contribution in [2.75, 3.05) is 7.11 Å². The summed E-state index contributed by atoms with van der Waals surface area (Å²) in [6.45, 7) is 12.2. The van der Waals surface area contributed by atoms with Crippen LogP contribution < -0.4 is 16.0 Å². The SMILES string of the molecule is COC(=O)[C@@H](NC(=O)/C(=C/c1ccccc1)NC(=O)[C@@H](NC(=O)OC(C)(C)C)C(C)C)C(C)C. The molecule has 0 aromatic heterocycles. The van der Waals surface area contributed by atoms with Gasteiger partial charge < -0.3 is 25.4 Å². The first-order valence-electron chi connectivity index (χ1n) is 11.2. The molecule has 9 heteroatoms. The van der Waals surface area contributed by atoms with Gasteiger partial charge in [0, 0.05) is 0 Å². The van der Waals surface area contributed by atoms with Crippen LogP contribution in [0.1, 0.15) is 54.0 Å². The number of esters is 1. The monoisotopic (exact) mass is 475 g/mol. The third kappa shape index (κ3) is 9.64. The van der Waals surface area contributed by atoms with Gasteiger partial charge in [-0.1, -0.05) is 58.0 Å². The van der Waals surface area contributed by atoms with E-state index in [9.17, 15) is 19.2 Å². The molecule has 0 heterocycles. The summed E-state index contributed by atoms with van der Waals surface area (Å²) < 4.78 is 10.0. The summed E-state index contributed by atoms with van der Waals surface area (Å²) >= 11 is 0. The van der Waals surface area contributed by atoms with Gasteiger partial charge in [-0.05, 0) is 44.2 Å². The third-order valence-electron chi connectivity index (χ3n) is 4.64. The van der Waals surface area contributed by atoms with Crippen LogP contribution in [0.3, 0.4) is 0 Å². The van der Waals surface area contributed by atoms with Crippen molar-refractivity contribution >= 4 is 30.0 Å². The highest BCUT2D eigenvalue weighted by Gasteiger charge is 2.30. The molecule has 34 heavy (non-hydrogen) atoms. The number of alkyl carbamates (subject to hydrolysis) is 1. The maximum Gasteiger partial charge on any atom is 0.408 e. The topological polar surface area (TPSA) is 123 Å². The number of amides is 3. The second-order valence-electron chi connectivity index (χ2n) is 9.54. The van der Waals surface area contributed by atoms with E-state index in [1.165, 1.54) is 13.2 Å². The first-order valence-corrected chi connectivity index (χ1v) is 11.2. The average Bonchev–Trinajstić information content (AvgIpc) is 2.73. The van der Waals surface area contributed by atoms with Crippen LogP contribution in [0.15, 0.2) is 36.0 Å². The summed E-state index contributed by atoms with van der Waals surface area (Å²) in [6.07, 6.45) is 0.747. The molecule has 188 valence electrons. The zero-order valence-corrected chi connectivity index (χ0v) is 21.2. The zero-order chi connectivity index (χ0) is 26.1. The Morgan fingerprint density at radius 2 is 1.44 bits per heavy atom. The van der Waals surface area contributed by atoms with Crippen LogP contribution in [0.25, 0.3) is 6.08 Å². The van der Waals surface area contributed by atoms with E-state index in [1.807, 2.05) is 6.07 Å². The minimum absolute atomic E-state index is 0.0811. The van der Waals surface area contributed by atoms with Gasteiger partial charge in [-0.2, -0.15) is 0 Å². The number of hydrogen-bond donors (Lipinski definition) is 3. The molecule has 9 nitrogen and oxygen atoms in total. The number of rotatable bonds is 9. The van der Waals surface area contributed by atoms with Gasteiger partial charge in [0.15, 0.2) is 0 Å². The molecule has 0 spiro atoms. The van der Waals surface area contributed by atoms with Crippen LogP contribution in [-0.4, -0.2) is 48.7 Å². The minimum Gasteiger partial charge on any atom is -0.467 e. The lowest BCUT2D eigenvalue weighted by atomic mass is 10.0. The molecule has 0 radical (unpaired) electrons. The molecule has 0 unspecified atom stereocenters. The van der Waals surface area contributed by atoms with Gasteiger partial charge >= 0.3 is 12.1 Å². The van der Waals surface area contributed by atoms with Crippen molar-refractivity contribution in [3.63, 3.8) is 0 Å².